The van der Waals surface area contributed by atoms with Crippen molar-refractivity contribution in [3.8, 4) is 0 Å². The molecule has 0 aliphatic rings. The third-order valence-corrected chi connectivity index (χ3v) is 2.40. The van der Waals surface area contributed by atoms with Gasteiger partial charge in [0.05, 0.1) is 6.61 Å². The first-order valence-corrected chi connectivity index (χ1v) is 5.54. The molecule has 2 nitrogen and oxygen atoms in total. The fourth-order valence-electron chi connectivity index (χ4n) is 1.13. The zero-order chi connectivity index (χ0) is 11.1. The first-order valence-electron chi connectivity index (χ1n) is 4.74. The van der Waals surface area contributed by atoms with Gasteiger partial charge >= 0.3 is 0 Å². The summed E-state index contributed by atoms with van der Waals surface area (Å²) >= 11 is 3.20. The van der Waals surface area contributed by atoms with Crippen LogP contribution in [0.3, 0.4) is 0 Å². The minimum atomic E-state index is -0.240. The first-order chi connectivity index (χ1) is 7.24. The van der Waals surface area contributed by atoms with Crippen LogP contribution in [0, 0.1) is 5.82 Å². The summed E-state index contributed by atoms with van der Waals surface area (Å²) in [7, 11) is 1.65. The third kappa shape index (κ3) is 4.73. The van der Waals surface area contributed by atoms with Gasteiger partial charge in [-0.1, -0.05) is 22.0 Å². The Morgan fingerprint density at radius 3 is 2.80 bits per heavy atom. The highest BCUT2D eigenvalue weighted by Crippen LogP contribution is 2.15. The highest BCUT2D eigenvalue weighted by Gasteiger charge is 2.02. The van der Waals surface area contributed by atoms with E-state index in [4.69, 9.17) is 9.47 Å². The molecule has 0 heterocycles. The average molecular weight is 277 g/mol. The van der Waals surface area contributed by atoms with Crippen molar-refractivity contribution in [2.45, 2.75) is 13.0 Å². The van der Waals surface area contributed by atoms with Crippen molar-refractivity contribution in [1.29, 1.82) is 0 Å². The molecule has 0 saturated carbocycles. The van der Waals surface area contributed by atoms with Crippen LogP contribution in [0.25, 0.3) is 0 Å². The maximum atomic E-state index is 13.3. The van der Waals surface area contributed by atoms with Gasteiger partial charge in [-0.05, 0) is 18.6 Å². The van der Waals surface area contributed by atoms with E-state index in [2.05, 4.69) is 15.9 Å². The van der Waals surface area contributed by atoms with Gasteiger partial charge in [-0.2, -0.15) is 0 Å². The highest BCUT2D eigenvalue weighted by atomic mass is 79.9. The molecule has 0 aliphatic carbocycles. The number of benzene rings is 1. The smallest absolute Gasteiger partial charge is 0.129 e. The summed E-state index contributed by atoms with van der Waals surface area (Å²) in [5.74, 6) is -0.240. The maximum Gasteiger partial charge on any atom is 0.129 e. The Bertz CT molecular complexity index is 305. The van der Waals surface area contributed by atoms with E-state index in [1.165, 1.54) is 6.07 Å². The fraction of sp³-hybridized carbons (Fsp3) is 0.455. The van der Waals surface area contributed by atoms with E-state index in [1.807, 2.05) is 0 Å². The summed E-state index contributed by atoms with van der Waals surface area (Å²) in [6, 6.07) is 4.96. The number of hydrogen-bond donors (Lipinski definition) is 0. The first kappa shape index (κ1) is 12.6. The van der Waals surface area contributed by atoms with Crippen LogP contribution in [0.5, 0.6) is 0 Å². The minimum Gasteiger partial charge on any atom is -0.385 e. The van der Waals surface area contributed by atoms with E-state index in [1.54, 1.807) is 19.2 Å². The van der Waals surface area contributed by atoms with Gasteiger partial charge in [-0.25, -0.2) is 4.39 Å². The molecule has 0 unspecified atom stereocenters. The Hall–Kier alpha value is -0.450. The van der Waals surface area contributed by atoms with E-state index >= 15 is 0 Å². The highest BCUT2D eigenvalue weighted by molar-refractivity contribution is 9.10. The molecule has 84 valence electrons. The monoisotopic (exact) mass is 276 g/mol. The Morgan fingerprint density at radius 1 is 1.33 bits per heavy atom. The molecule has 1 rings (SSSR count). The third-order valence-electron chi connectivity index (χ3n) is 1.91. The van der Waals surface area contributed by atoms with Crippen LogP contribution < -0.4 is 0 Å². The van der Waals surface area contributed by atoms with Crippen molar-refractivity contribution < 1.29 is 13.9 Å². The molecule has 0 atom stereocenters. The van der Waals surface area contributed by atoms with Crippen molar-refractivity contribution in [3.05, 3.63) is 34.1 Å². The second-order valence-electron chi connectivity index (χ2n) is 3.13. The molecule has 0 bridgehead atoms. The summed E-state index contributed by atoms with van der Waals surface area (Å²) in [6.45, 7) is 1.56. The molecule has 0 radical (unpaired) electrons. The van der Waals surface area contributed by atoms with Crippen LogP contribution in [-0.2, 0) is 16.1 Å². The van der Waals surface area contributed by atoms with Crippen LogP contribution >= 0.6 is 15.9 Å². The predicted octanol–water partition coefficient (Wildman–Crippen LogP) is 3.14. The van der Waals surface area contributed by atoms with E-state index in [9.17, 15) is 4.39 Å². The Balaban J connectivity index is 2.31. The van der Waals surface area contributed by atoms with Crippen LogP contribution in [-0.4, -0.2) is 20.3 Å². The van der Waals surface area contributed by atoms with Gasteiger partial charge in [0, 0.05) is 30.4 Å². The molecule has 0 spiro atoms. The molecule has 0 amide bonds. The van der Waals surface area contributed by atoms with Crippen LogP contribution in [0.1, 0.15) is 12.0 Å². The molecule has 0 saturated heterocycles. The summed E-state index contributed by atoms with van der Waals surface area (Å²) in [5, 5.41) is 0. The largest absolute Gasteiger partial charge is 0.385 e. The zero-order valence-corrected chi connectivity index (χ0v) is 10.2. The SMILES string of the molecule is COCCCOCc1ccc(Br)cc1F. The van der Waals surface area contributed by atoms with Gasteiger partial charge in [0.25, 0.3) is 0 Å². The fourth-order valence-corrected chi connectivity index (χ4v) is 1.46. The molecule has 4 heteroatoms. The lowest BCUT2D eigenvalue weighted by Gasteiger charge is -2.05. The van der Waals surface area contributed by atoms with Crippen molar-refractivity contribution in [2.75, 3.05) is 20.3 Å². The van der Waals surface area contributed by atoms with E-state index < -0.39 is 0 Å². The second-order valence-corrected chi connectivity index (χ2v) is 4.05. The van der Waals surface area contributed by atoms with Gasteiger partial charge in [-0.3, -0.25) is 0 Å². The van der Waals surface area contributed by atoms with Gasteiger partial charge in [0.1, 0.15) is 5.82 Å². The van der Waals surface area contributed by atoms with E-state index in [-0.39, 0.29) is 5.82 Å². The van der Waals surface area contributed by atoms with Crippen LogP contribution in [0.4, 0.5) is 4.39 Å². The van der Waals surface area contributed by atoms with Gasteiger partial charge in [0.2, 0.25) is 0 Å². The standard InChI is InChI=1S/C11H14BrFO2/c1-14-5-2-6-15-8-9-3-4-10(12)7-11(9)13/h3-4,7H,2,5-6,8H2,1H3. The van der Waals surface area contributed by atoms with Gasteiger partial charge < -0.3 is 9.47 Å². The Morgan fingerprint density at radius 2 is 2.13 bits per heavy atom. The number of ether oxygens (including phenoxy) is 2. The van der Waals surface area contributed by atoms with Gasteiger partial charge in [-0.15, -0.1) is 0 Å². The molecular weight excluding hydrogens is 263 g/mol. The number of hydrogen-bond acceptors (Lipinski definition) is 2. The lowest BCUT2D eigenvalue weighted by Crippen LogP contribution is -2.00. The average Bonchev–Trinajstić information content (AvgIpc) is 2.20. The molecule has 15 heavy (non-hydrogen) atoms. The molecule has 0 aromatic heterocycles. The second kappa shape index (κ2) is 6.93. The van der Waals surface area contributed by atoms with E-state index in [0.717, 1.165) is 10.9 Å². The number of halogens is 2. The predicted molar refractivity (Wildman–Crippen MR) is 60.2 cm³/mol. The zero-order valence-electron chi connectivity index (χ0n) is 8.63. The van der Waals surface area contributed by atoms with E-state index in [0.29, 0.717) is 25.4 Å². The Labute approximate surface area is 97.5 Å². The molecule has 1 aromatic carbocycles. The van der Waals surface area contributed by atoms with Gasteiger partial charge in [0.15, 0.2) is 0 Å². The van der Waals surface area contributed by atoms with Crippen LogP contribution in [0.15, 0.2) is 22.7 Å². The topological polar surface area (TPSA) is 18.5 Å². The maximum absolute atomic E-state index is 13.3. The quantitative estimate of drug-likeness (QED) is 0.744. The normalized spacial score (nSPS) is 10.6. The summed E-state index contributed by atoms with van der Waals surface area (Å²) in [5.41, 5.74) is 0.579. The number of methoxy groups -OCH3 is 1. The lowest BCUT2D eigenvalue weighted by molar-refractivity contribution is 0.0913. The minimum absolute atomic E-state index is 0.240. The Kier molecular flexibility index (Phi) is 5.83. The van der Waals surface area contributed by atoms with Crippen molar-refractivity contribution in [1.82, 2.24) is 0 Å². The van der Waals surface area contributed by atoms with Crippen molar-refractivity contribution >= 4 is 15.9 Å². The summed E-state index contributed by atoms with van der Waals surface area (Å²) < 4.78 is 24.2. The molecule has 0 aliphatic heterocycles. The molecule has 0 fully saturated rings. The molecular formula is C11H14BrFO2. The lowest BCUT2D eigenvalue weighted by atomic mass is 10.2. The van der Waals surface area contributed by atoms with Crippen LogP contribution in [0.2, 0.25) is 0 Å². The molecule has 0 N–H and O–H groups in total. The number of rotatable bonds is 6. The van der Waals surface area contributed by atoms with Crippen molar-refractivity contribution in [3.63, 3.8) is 0 Å². The van der Waals surface area contributed by atoms with Crippen molar-refractivity contribution in [2.24, 2.45) is 0 Å². The summed E-state index contributed by atoms with van der Waals surface area (Å²) in [6.07, 6.45) is 0.828. The summed E-state index contributed by atoms with van der Waals surface area (Å²) in [4.78, 5) is 0. The molecule has 1 aromatic rings.